The molecule has 2 unspecified atom stereocenters. The fourth-order valence-electron chi connectivity index (χ4n) is 13.7. The minimum Gasteiger partial charge on any atom is -0.508 e. The van der Waals surface area contributed by atoms with E-state index in [1.165, 1.54) is 35.4 Å². The molecule has 3 aromatic carbocycles. The molecule has 0 saturated carbocycles. The summed E-state index contributed by atoms with van der Waals surface area (Å²) in [5, 5.41) is 30.3. The highest BCUT2D eigenvalue weighted by Crippen LogP contribution is 2.42. The highest BCUT2D eigenvalue weighted by molar-refractivity contribution is 7.13. The fourth-order valence-corrected chi connectivity index (χ4v) is 14.5. The van der Waals surface area contributed by atoms with Crippen LogP contribution in [-0.2, 0) is 14.3 Å². The smallest absolute Gasteiger partial charge is 0.410 e. The van der Waals surface area contributed by atoms with Gasteiger partial charge in [0.2, 0.25) is 11.8 Å². The van der Waals surface area contributed by atoms with E-state index < -0.39 is 35.3 Å². The number of hydrogen-bond donors (Lipinski definition) is 3. The Kier molecular flexibility index (Phi) is 16.3. The van der Waals surface area contributed by atoms with Crippen LogP contribution in [0.2, 0.25) is 0 Å². The van der Waals surface area contributed by atoms with Crippen molar-refractivity contribution in [2.24, 2.45) is 23.7 Å². The van der Waals surface area contributed by atoms with Crippen molar-refractivity contribution in [1.82, 2.24) is 45.1 Å². The van der Waals surface area contributed by atoms with Crippen LogP contribution in [0.15, 0.2) is 70.8 Å². The van der Waals surface area contributed by atoms with Gasteiger partial charge in [0.1, 0.15) is 52.8 Å². The van der Waals surface area contributed by atoms with Gasteiger partial charge in [0, 0.05) is 82.0 Å². The SMILES string of the molecule is C#Cc1c(F)ccc2cc(O)cc(-c3ncc4c(N5CCC6CC(C5)N(C(=O)OC(C)(C)C)C6)nc(OCCN5CC[C@H]6CN(c7cc([C@H](C(=O)N8C[C@H](O)C[C@H]8C(=O)N[C@@H](C)c8ccc(-c9scnc9C)cc8)C(C)C)on7)C[C@H]6C5)nc4c3F)c12. The number of likely N-dealkylation sites (tertiary alicyclic amines) is 3. The summed E-state index contributed by atoms with van der Waals surface area (Å²) in [6, 6.07) is 13.8. The third kappa shape index (κ3) is 12.0. The second kappa shape index (κ2) is 23.9. The first-order valence-electron chi connectivity index (χ1n) is 30.1. The third-order valence-electron chi connectivity index (χ3n) is 18.0. The Balaban J connectivity index is 0.726. The van der Waals surface area contributed by atoms with Crippen LogP contribution in [0.3, 0.4) is 0 Å². The van der Waals surface area contributed by atoms with E-state index in [9.17, 15) is 24.6 Å². The summed E-state index contributed by atoms with van der Waals surface area (Å²) < 4.78 is 51.0. The minimum absolute atomic E-state index is 0.0260. The molecule has 5 aliphatic heterocycles. The number of carbonyl (C=O) groups is 3. The second-order valence-electron chi connectivity index (χ2n) is 25.5. The van der Waals surface area contributed by atoms with Crippen LogP contribution in [-0.4, -0.2) is 157 Å². The Bertz CT molecular complexity index is 3810. The van der Waals surface area contributed by atoms with Gasteiger partial charge in [-0.3, -0.25) is 19.5 Å². The number of benzene rings is 3. The molecule has 22 heteroatoms. The molecule has 9 heterocycles. The van der Waals surface area contributed by atoms with Crippen LogP contribution in [0.25, 0.3) is 43.4 Å². The van der Waals surface area contributed by atoms with E-state index in [-0.39, 0.29) is 107 Å². The Labute approximate surface area is 508 Å². The van der Waals surface area contributed by atoms with Gasteiger partial charge in [-0.1, -0.05) is 55.3 Å². The highest BCUT2D eigenvalue weighted by atomic mass is 32.1. The van der Waals surface area contributed by atoms with E-state index in [4.69, 9.17) is 25.4 Å². The maximum atomic E-state index is 17.5. The van der Waals surface area contributed by atoms with Crippen molar-refractivity contribution in [3.63, 3.8) is 0 Å². The van der Waals surface area contributed by atoms with Gasteiger partial charge in [-0.25, -0.2) is 18.6 Å². The number of halogens is 2. The number of aliphatic hydroxyl groups is 1. The van der Waals surface area contributed by atoms with Crippen LogP contribution in [0.5, 0.6) is 11.8 Å². The van der Waals surface area contributed by atoms with Gasteiger partial charge >= 0.3 is 12.1 Å². The van der Waals surface area contributed by atoms with Crippen molar-refractivity contribution in [2.45, 2.75) is 110 Å². The van der Waals surface area contributed by atoms with Crippen LogP contribution >= 0.6 is 11.3 Å². The zero-order valence-corrected chi connectivity index (χ0v) is 50.8. The largest absolute Gasteiger partial charge is 0.508 e. The molecule has 0 radical (unpaired) electrons. The molecular formula is C65H73F2N11O8S. The van der Waals surface area contributed by atoms with E-state index in [0.29, 0.717) is 66.8 Å². The Morgan fingerprint density at radius 1 is 0.920 bits per heavy atom. The number of aromatic hydroxyl groups is 1. The third-order valence-corrected chi connectivity index (χ3v) is 19.0. The number of aryl methyl sites for hydroxylation is 1. The molecule has 2 bridgehead atoms. The number of β-amino-alcohol motifs (C(OH)–C–C–N with tert-alkyl or cyclic N) is 1. The van der Waals surface area contributed by atoms with E-state index >= 15 is 8.78 Å². The van der Waals surface area contributed by atoms with Crippen molar-refractivity contribution < 1.29 is 47.4 Å². The van der Waals surface area contributed by atoms with Gasteiger partial charge in [0.25, 0.3) is 0 Å². The minimum atomic E-state index is -0.866. The number of phenolic OH excluding ortho intramolecular Hbond substituents is 1. The number of aliphatic hydroxyl groups excluding tert-OH is 1. The van der Waals surface area contributed by atoms with Crippen molar-refractivity contribution in [3.05, 3.63) is 101 Å². The van der Waals surface area contributed by atoms with Crippen molar-refractivity contribution in [2.75, 3.05) is 75.3 Å². The summed E-state index contributed by atoms with van der Waals surface area (Å²) in [5.74, 6) is 1.43. The van der Waals surface area contributed by atoms with Crippen molar-refractivity contribution in [1.29, 1.82) is 0 Å². The van der Waals surface area contributed by atoms with Gasteiger partial charge in [-0.15, -0.1) is 17.8 Å². The predicted molar refractivity (Wildman–Crippen MR) is 326 cm³/mol. The molecule has 8 atom stereocenters. The molecular weight excluding hydrogens is 1130 g/mol. The molecule has 0 spiro atoms. The van der Waals surface area contributed by atoms with E-state index in [2.05, 4.69) is 41.1 Å². The monoisotopic (exact) mass is 1210 g/mol. The first kappa shape index (κ1) is 59.3. The second-order valence-corrected chi connectivity index (χ2v) is 26.3. The number of carbonyl (C=O) groups excluding carboxylic acids is 3. The fraction of sp³-hybridized carbons (Fsp3) is 0.477. The number of pyridine rings is 1. The van der Waals surface area contributed by atoms with E-state index in [0.717, 1.165) is 60.6 Å². The maximum absolute atomic E-state index is 17.5. The zero-order valence-electron chi connectivity index (χ0n) is 50.0. The zero-order chi connectivity index (χ0) is 61.2. The van der Waals surface area contributed by atoms with E-state index in [1.807, 2.05) is 89.2 Å². The molecule has 0 aliphatic carbocycles. The molecule has 12 rings (SSSR count). The number of aromatic nitrogens is 5. The number of piperidine rings is 1. The average molecular weight is 1210 g/mol. The lowest BCUT2D eigenvalue weighted by Crippen LogP contribution is -2.48. The maximum Gasteiger partial charge on any atom is 0.410 e. The summed E-state index contributed by atoms with van der Waals surface area (Å²) >= 11 is 1.58. The number of rotatable bonds is 14. The number of nitrogens with one attached hydrogen (secondary N) is 1. The molecule has 19 nitrogen and oxygen atoms in total. The number of ether oxygens (including phenoxy) is 2. The Hall–Kier alpha value is -8.00. The summed E-state index contributed by atoms with van der Waals surface area (Å²) in [6.07, 6.45) is 8.60. The van der Waals surface area contributed by atoms with Crippen molar-refractivity contribution >= 4 is 62.6 Å². The molecule has 87 heavy (non-hydrogen) atoms. The highest BCUT2D eigenvalue weighted by Gasteiger charge is 2.45. The van der Waals surface area contributed by atoms with Crippen LogP contribution < -0.4 is 19.9 Å². The normalized spacial score (nSPS) is 22.2. The molecule has 5 aliphatic rings. The van der Waals surface area contributed by atoms with Gasteiger partial charge < -0.3 is 49.1 Å². The molecule has 7 aromatic rings. The topological polar surface area (TPSA) is 216 Å². The first-order valence-corrected chi connectivity index (χ1v) is 31.0. The number of nitrogens with zero attached hydrogens (tertiary/aromatic N) is 10. The van der Waals surface area contributed by atoms with Gasteiger partial charge in [0.15, 0.2) is 17.4 Å². The summed E-state index contributed by atoms with van der Waals surface area (Å²) in [5.41, 5.74) is 3.78. The molecule has 3 amide bonds. The molecule has 5 fully saturated rings. The molecule has 5 saturated heterocycles. The van der Waals surface area contributed by atoms with Crippen LogP contribution in [0, 0.1) is 54.6 Å². The summed E-state index contributed by atoms with van der Waals surface area (Å²) in [7, 11) is 0. The van der Waals surface area contributed by atoms with E-state index in [1.54, 1.807) is 16.2 Å². The quantitative estimate of drug-likeness (QED) is 0.0864. The lowest BCUT2D eigenvalue weighted by Gasteiger charge is -2.34. The van der Waals surface area contributed by atoms with Crippen LogP contribution in [0.4, 0.5) is 25.2 Å². The number of anilines is 2. The molecule has 456 valence electrons. The van der Waals surface area contributed by atoms with Gasteiger partial charge in [0.05, 0.1) is 45.2 Å². The van der Waals surface area contributed by atoms with Crippen molar-refractivity contribution in [3.8, 4) is 45.8 Å². The number of amides is 3. The number of fused-ring (bicyclic) bond motifs is 5. The number of phenols is 1. The molecule has 4 aromatic heterocycles. The number of thiazole rings is 1. The van der Waals surface area contributed by atoms with Crippen LogP contribution in [0.1, 0.15) is 102 Å². The first-order chi connectivity index (χ1) is 41.7. The number of hydrogen-bond acceptors (Lipinski definition) is 17. The number of terminal acetylenes is 1. The predicted octanol–water partition coefficient (Wildman–Crippen LogP) is 9.48. The Morgan fingerprint density at radius 3 is 2.46 bits per heavy atom. The lowest BCUT2D eigenvalue weighted by atomic mass is 9.89. The average Bonchev–Trinajstić information content (AvgIpc) is 1.78. The standard InChI is InChI=1S/C65H73F2N11O8S/c1-9-47-50(66)15-14-41-23-45(79)24-48(55(41)47)57-56(67)58-49(27-68-57)60(75-19-16-38-22-44(32-75)77(28-38)64(83)85-65(6,7)8)72-63(71-58)84-21-20-74-18-17-42-30-76(31-43(42)29-74)53-26-52(86-73-53)54(35(2)3)62(82)78-33-46(80)25-51(78)61(81)70-36(4)39-10-12-40(13-11-39)59-37(5)69-34-87-59/h1,10-15,23-24,26-27,34-36,38,42-44,46,51,54,79-80H,16-22,25,28-33H2,2-8H3,(H,70,81)/t36-,38?,42-,43+,44?,46+,51-,54+/m0/s1. The molecule has 3 N–H and O–H groups in total. The van der Waals surface area contributed by atoms with Gasteiger partial charge in [-0.05, 0) is 119 Å². The summed E-state index contributed by atoms with van der Waals surface area (Å²) in [4.78, 5) is 71.6. The Morgan fingerprint density at radius 2 is 1.71 bits per heavy atom. The van der Waals surface area contributed by atoms with Gasteiger partial charge in [-0.2, -0.15) is 9.97 Å². The summed E-state index contributed by atoms with van der Waals surface area (Å²) in [6.45, 7) is 18.6. The lowest BCUT2D eigenvalue weighted by molar-refractivity contribution is -0.141.